The van der Waals surface area contributed by atoms with Crippen LogP contribution in [0.2, 0.25) is 10.0 Å². The number of rotatable bonds is 8. The molecule has 0 spiro atoms. The number of anilines is 1. The molecular weight excluding hydrogens is 394 g/mol. The zero-order chi connectivity index (χ0) is 19.8. The molecule has 27 heavy (non-hydrogen) atoms. The van der Waals surface area contributed by atoms with Gasteiger partial charge in [-0.25, -0.2) is 9.18 Å². The number of aliphatic carboxylic acids is 1. The summed E-state index contributed by atoms with van der Waals surface area (Å²) in [5.41, 5.74) is 0.523. The van der Waals surface area contributed by atoms with Crippen LogP contribution in [-0.2, 0) is 4.79 Å². The molecule has 2 rings (SSSR count). The molecule has 5 nitrogen and oxygen atoms in total. The summed E-state index contributed by atoms with van der Waals surface area (Å²) in [5.74, 6) is -0.973. The number of allylic oxidation sites excluding steroid dienone is 2. The number of amides is 2. The number of carboxylic acid groups (broad SMARTS) is 1. The third-order valence-electron chi connectivity index (χ3n) is 4.69. The summed E-state index contributed by atoms with van der Waals surface area (Å²) in [6.07, 6.45) is 4.96. The lowest BCUT2D eigenvalue weighted by atomic mass is 9.91. The molecule has 0 unspecified atom stereocenters. The second kappa shape index (κ2) is 10.5. The van der Waals surface area contributed by atoms with E-state index in [2.05, 4.69) is 10.6 Å². The summed E-state index contributed by atoms with van der Waals surface area (Å²) in [7, 11) is 0. The number of benzene rings is 1. The highest BCUT2D eigenvalue weighted by Gasteiger charge is 2.35. The van der Waals surface area contributed by atoms with Gasteiger partial charge in [0.05, 0.1) is 10.0 Å². The third-order valence-corrected chi connectivity index (χ3v) is 5.42. The molecule has 1 aromatic carbocycles. The smallest absolute Gasteiger partial charge is 0.319 e. The summed E-state index contributed by atoms with van der Waals surface area (Å²) < 4.78 is 14.1. The Balaban J connectivity index is 1.79. The van der Waals surface area contributed by atoms with Crippen molar-refractivity contribution in [3.63, 3.8) is 0 Å². The van der Waals surface area contributed by atoms with E-state index in [1.165, 1.54) is 0 Å². The summed E-state index contributed by atoms with van der Waals surface area (Å²) in [5, 5.41) is 14.8. The second-order valence-electron chi connectivity index (χ2n) is 6.62. The number of nitrogens with one attached hydrogen (secondary N) is 2. The van der Waals surface area contributed by atoms with E-state index in [-0.39, 0.29) is 24.3 Å². The van der Waals surface area contributed by atoms with Crippen LogP contribution >= 0.6 is 23.2 Å². The standard InChI is InChI=1S/C19H23Cl2FN2O3/c20-15-8-7-13(10-16(15)21)24-19(27)23-11-12-6-9-17(22)14(12)4-2-1-3-5-18(25)26/h1-2,7-8,10,12,14,17H,3-6,9,11H2,(H,25,26)(H2,23,24,27)/b2-1-/t12-,14-,17-/m1/s1. The summed E-state index contributed by atoms with van der Waals surface area (Å²) in [4.78, 5) is 22.5. The molecule has 1 aliphatic carbocycles. The molecule has 2 amide bonds. The highest BCUT2D eigenvalue weighted by Crippen LogP contribution is 2.36. The normalized spacial score (nSPS) is 22.1. The Morgan fingerprint density at radius 2 is 2.00 bits per heavy atom. The van der Waals surface area contributed by atoms with E-state index in [1.54, 1.807) is 24.3 Å². The molecule has 0 bridgehead atoms. The number of hydrogen-bond acceptors (Lipinski definition) is 2. The van der Waals surface area contributed by atoms with Gasteiger partial charge < -0.3 is 15.7 Å². The molecular formula is C19H23Cl2FN2O3. The topological polar surface area (TPSA) is 78.4 Å². The van der Waals surface area contributed by atoms with Crippen LogP contribution < -0.4 is 10.6 Å². The van der Waals surface area contributed by atoms with Crippen molar-refractivity contribution in [2.75, 3.05) is 11.9 Å². The van der Waals surface area contributed by atoms with Crippen molar-refractivity contribution in [2.24, 2.45) is 11.8 Å². The predicted molar refractivity (Wildman–Crippen MR) is 105 cm³/mol. The maximum atomic E-state index is 14.1. The van der Waals surface area contributed by atoms with Crippen LogP contribution in [0, 0.1) is 11.8 Å². The average molecular weight is 417 g/mol. The zero-order valence-electron chi connectivity index (χ0n) is 14.8. The van der Waals surface area contributed by atoms with Gasteiger partial charge in [-0.15, -0.1) is 0 Å². The number of halogens is 3. The quantitative estimate of drug-likeness (QED) is 0.503. The minimum Gasteiger partial charge on any atom is -0.481 e. The second-order valence-corrected chi connectivity index (χ2v) is 7.44. The van der Waals surface area contributed by atoms with E-state index in [4.69, 9.17) is 28.3 Å². The molecule has 0 aromatic heterocycles. The van der Waals surface area contributed by atoms with Gasteiger partial charge in [-0.1, -0.05) is 35.4 Å². The van der Waals surface area contributed by atoms with E-state index in [0.29, 0.717) is 48.0 Å². The van der Waals surface area contributed by atoms with Crippen LogP contribution in [0.15, 0.2) is 30.4 Å². The summed E-state index contributed by atoms with van der Waals surface area (Å²) in [6.45, 7) is 0.376. The number of alkyl halides is 1. The molecule has 1 fully saturated rings. The number of carboxylic acids is 1. The van der Waals surface area contributed by atoms with Crippen molar-refractivity contribution in [3.8, 4) is 0 Å². The molecule has 3 N–H and O–H groups in total. The van der Waals surface area contributed by atoms with Crippen molar-refractivity contribution < 1.29 is 19.1 Å². The Kier molecular flexibility index (Phi) is 8.38. The fourth-order valence-corrected chi connectivity index (χ4v) is 3.54. The molecule has 0 heterocycles. The van der Waals surface area contributed by atoms with Gasteiger partial charge in [0.15, 0.2) is 0 Å². The number of carbonyl (C=O) groups excluding carboxylic acids is 1. The van der Waals surface area contributed by atoms with Gasteiger partial charge in [-0.05, 0) is 55.7 Å². The van der Waals surface area contributed by atoms with Crippen LogP contribution in [0.1, 0.15) is 32.1 Å². The summed E-state index contributed by atoms with van der Waals surface area (Å²) in [6, 6.07) is 4.41. The zero-order valence-corrected chi connectivity index (χ0v) is 16.3. The minimum absolute atomic E-state index is 0.0451. The molecule has 3 atom stereocenters. The van der Waals surface area contributed by atoms with Gasteiger partial charge in [0.1, 0.15) is 6.17 Å². The number of hydrogen-bond donors (Lipinski definition) is 3. The lowest BCUT2D eigenvalue weighted by Crippen LogP contribution is -2.35. The SMILES string of the molecule is O=C(O)CC/C=C\C[C@@H]1[C@@H](CNC(=O)Nc2ccc(Cl)c(Cl)c2)CC[C@H]1F. The maximum Gasteiger partial charge on any atom is 0.319 e. The summed E-state index contributed by atoms with van der Waals surface area (Å²) >= 11 is 11.8. The number of urea groups is 1. The molecule has 1 aromatic rings. The van der Waals surface area contributed by atoms with E-state index in [9.17, 15) is 14.0 Å². The van der Waals surface area contributed by atoms with Gasteiger partial charge in [-0.3, -0.25) is 4.79 Å². The first kappa shape index (κ1) is 21.5. The van der Waals surface area contributed by atoms with E-state index < -0.39 is 12.1 Å². The van der Waals surface area contributed by atoms with E-state index >= 15 is 0 Å². The Bertz CT molecular complexity index is 700. The monoisotopic (exact) mass is 416 g/mol. The van der Waals surface area contributed by atoms with E-state index in [1.807, 2.05) is 6.08 Å². The van der Waals surface area contributed by atoms with Crippen molar-refractivity contribution >= 4 is 40.9 Å². The van der Waals surface area contributed by atoms with Gasteiger partial charge in [0, 0.05) is 18.7 Å². The fourth-order valence-electron chi connectivity index (χ4n) is 3.24. The molecule has 0 aliphatic heterocycles. The van der Waals surface area contributed by atoms with E-state index in [0.717, 1.165) is 0 Å². The van der Waals surface area contributed by atoms with Crippen molar-refractivity contribution in [3.05, 3.63) is 40.4 Å². The maximum absolute atomic E-state index is 14.1. The van der Waals surface area contributed by atoms with Crippen molar-refractivity contribution in [1.29, 1.82) is 0 Å². The van der Waals surface area contributed by atoms with Gasteiger partial charge in [0.2, 0.25) is 0 Å². The fraction of sp³-hybridized carbons (Fsp3) is 0.474. The van der Waals surface area contributed by atoms with Crippen LogP contribution in [0.4, 0.5) is 14.9 Å². The lowest BCUT2D eigenvalue weighted by molar-refractivity contribution is -0.136. The number of carbonyl (C=O) groups is 2. The molecule has 1 saturated carbocycles. The van der Waals surface area contributed by atoms with Crippen molar-refractivity contribution in [1.82, 2.24) is 5.32 Å². The molecule has 0 radical (unpaired) electrons. The van der Waals surface area contributed by atoms with Gasteiger partial charge >= 0.3 is 12.0 Å². The first-order valence-electron chi connectivity index (χ1n) is 8.87. The predicted octanol–water partition coefficient (Wildman–Crippen LogP) is 5.29. The van der Waals surface area contributed by atoms with Crippen molar-refractivity contribution in [2.45, 2.75) is 38.3 Å². The highest BCUT2D eigenvalue weighted by molar-refractivity contribution is 6.42. The first-order chi connectivity index (χ1) is 12.9. The minimum atomic E-state index is -0.904. The Labute approximate surface area is 167 Å². The Morgan fingerprint density at radius 1 is 1.22 bits per heavy atom. The molecule has 8 heteroatoms. The first-order valence-corrected chi connectivity index (χ1v) is 9.63. The average Bonchev–Trinajstić information content (AvgIpc) is 2.96. The van der Waals surface area contributed by atoms with Crippen LogP contribution in [0.25, 0.3) is 0 Å². The largest absolute Gasteiger partial charge is 0.481 e. The van der Waals surface area contributed by atoms with Crippen LogP contribution in [0.3, 0.4) is 0 Å². The highest BCUT2D eigenvalue weighted by atomic mass is 35.5. The Morgan fingerprint density at radius 3 is 2.70 bits per heavy atom. The molecule has 148 valence electrons. The molecule has 0 saturated heterocycles. The lowest BCUT2D eigenvalue weighted by Gasteiger charge is -2.20. The molecule has 1 aliphatic rings. The van der Waals surface area contributed by atoms with Crippen LogP contribution in [0.5, 0.6) is 0 Å². The Hall–Kier alpha value is -1.79. The van der Waals surface area contributed by atoms with Gasteiger partial charge in [-0.2, -0.15) is 0 Å². The third kappa shape index (κ3) is 7.03. The van der Waals surface area contributed by atoms with Crippen LogP contribution in [-0.4, -0.2) is 29.8 Å². The van der Waals surface area contributed by atoms with Gasteiger partial charge in [0.25, 0.3) is 0 Å².